The average Bonchev–Trinajstić information content (AvgIpc) is 1.52. The number of unbranched alkanes of at least 4 members (excludes halogenated alkanes) is 39. The lowest BCUT2D eigenvalue weighted by Crippen LogP contribution is -2.30. The number of phosphoric acid groups is 2. The summed E-state index contributed by atoms with van der Waals surface area (Å²) >= 11 is 0. The third-order valence-corrected chi connectivity index (χ3v) is 20.1. The molecule has 0 aliphatic carbocycles. The fraction of sp³-hybridized carbons (Fsp3) is 0.948. The normalized spacial score (nSPS) is 14.4. The Balaban J connectivity index is 5.16. The molecular formula is C77H150O17P2. The Hall–Kier alpha value is -1.94. The van der Waals surface area contributed by atoms with E-state index in [0.717, 1.165) is 108 Å². The maximum atomic E-state index is 13.1. The molecule has 6 atom stereocenters. The number of aliphatic hydroxyl groups excluding tert-OH is 1. The Morgan fingerprint density at radius 3 is 0.740 bits per heavy atom. The first-order chi connectivity index (χ1) is 46.1. The number of carbonyl (C=O) groups is 4. The zero-order chi connectivity index (χ0) is 71.0. The van der Waals surface area contributed by atoms with Gasteiger partial charge in [0.05, 0.1) is 26.4 Å². The third-order valence-electron chi connectivity index (χ3n) is 18.2. The van der Waals surface area contributed by atoms with Gasteiger partial charge >= 0.3 is 39.5 Å². The van der Waals surface area contributed by atoms with Crippen molar-refractivity contribution in [2.45, 2.75) is 408 Å². The molecule has 0 heterocycles. The highest BCUT2D eigenvalue weighted by Crippen LogP contribution is 2.45. The van der Waals surface area contributed by atoms with Crippen LogP contribution in [0.2, 0.25) is 0 Å². The summed E-state index contributed by atoms with van der Waals surface area (Å²) in [6.45, 7) is 14.1. The van der Waals surface area contributed by atoms with Crippen LogP contribution >= 0.6 is 15.6 Å². The monoisotopic (exact) mass is 1410 g/mol. The first-order valence-corrected chi connectivity index (χ1v) is 42.7. The predicted octanol–water partition coefficient (Wildman–Crippen LogP) is 22.4. The van der Waals surface area contributed by atoms with Gasteiger partial charge in [0, 0.05) is 25.7 Å². The quantitative estimate of drug-likeness (QED) is 0.0222. The summed E-state index contributed by atoms with van der Waals surface area (Å²) in [4.78, 5) is 72.7. The van der Waals surface area contributed by atoms with Gasteiger partial charge in [0.25, 0.3) is 0 Å². The van der Waals surface area contributed by atoms with E-state index in [9.17, 15) is 43.2 Å². The molecule has 0 bridgehead atoms. The second kappa shape index (κ2) is 66.3. The average molecular weight is 1410 g/mol. The molecule has 0 spiro atoms. The zero-order valence-corrected chi connectivity index (χ0v) is 64.8. The minimum atomic E-state index is -4.96. The molecule has 0 aliphatic rings. The van der Waals surface area contributed by atoms with Gasteiger partial charge in [0.1, 0.15) is 19.3 Å². The molecule has 0 aliphatic heterocycles. The van der Waals surface area contributed by atoms with Crippen molar-refractivity contribution in [2.24, 2.45) is 23.7 Å². The lowest BCUT2D eigenvalue weighted by atomic mass is 9.99. The van der Waals surface area contributed by atoms with Crippen LogP contribution in [0.5, 0.6) is 0 Å². The van der Waals surface area contributed by atoms with Crippen molar-refractivity contribution in [3.05, 3.63) is 0 Å². The summed E-state index contributed by atoms with van der Waals surface area (Å²) < 4.78 is 68.5. The fourth-order valence-electron chi connectivity index (χ4n) is 11.7. The molecule has 0 radical (unpaired) electrons. The van der Waals surface area contributed by atoms with Crippen molar-refractivity contribution in [3.8, 4) is 0 Å². The van der Waals surface area contributed by atoms with E-state index in [0.29, 0.717) is 37.5 Å². The van der Waals surface area contributed by atoms with Crippen LogP contribution < -0.4 is 0 Å². The van der Waals surface area contributed by atoms with E-state index >= 15 is 0 Å². The van der Waals surface area contributed by atoms with Crippen LogP contribution in [0.15, 0.2) is 0 Å². The topological polar surface area (TPSA) is 237 Å². The molecule has 0 aromatic heterocycles. The largest absolute Gasteiger partial charge is 0.472 e. The Labute approximate surface area is 588 Å². The molecule has 0 rings (SSSR count). The third kappa shape index (κ3) is 69.2. The van der Waals surface area contributed by atoms with Gasteiger partial charge in [-0.15, -0.1) is 0 Å². The summed E-state index contributed by atoms with van der Waals surface area (Å²) in [5.74, 6) is 0.916. The van der Waals surface area contributed by atoms with Crippen LogP contribution in [-0.2, 0) is 65.4 Å². The fourth-order valence-corrected chi connectivity index (χ4v) is 13.3. The molecule has 0 amide bonds. The van der Waals surface area contributed by atoms with E-state index in [4.69, 9.17) is 37.0 Å². The van der Waals surface area contributed by atoms with E-state index in [1.54, 1.807) is 0 Å². The molecule has 570 valence electrons. The first-order valence-electron chi connectivity index (χ1n) is 39.7. The van der Waals surface area contributed by atoms with E-state index in [2.05, 4.69) is 55.4 Å². The van der Waals surface area contributed by atoms with Crippen molar-refractivity contribution < 1.29 is 80.2 Å². The molecule has 0 aromatic carbocycles. The van der Waals surface area contributed by atoms with E-state index in [1.165, 1.54) is 186 Å². The highest BCUT2D eigenvalue weighted by molar-refractivity contribution is 7.47. The Morgan fingerprint density at radius 2 is 0.500 bits per heavy atom. The Morgan fingerprint density at radius 1 is 0.292 bits per heavy atom. The van der Waals surface area contributed by atoms with Gasteiger partial charge in [0.2, 0.25) is 0 Å². The SMILES string of the molecule is CCC(C)CCCCCCCCCCCCCCCCCCCCC(=O)OC[C@H](COP(=O)(O)OCC(O)COP(=O)(O)OC[C@@H](COC(=O)CCCCCCCCCC(C)C)OC(=O)CCCCCCCCCC(C)C)OC(=O)CCCCCCCCCCCCCC(C)C. The molecule has 4 unspecified atom stereocenters. The summed E-state index contributed by atoms with van der Waals surface area (Å²) in [5, 5.41) is 10.6. The number of esters is 4. The van der Waals surface area contributed by atoms with E-state index in [1.807, 2.05) is 0 Å². The molecule has 3 N–H and O–H groups in total. The summed E-state index contributed by atoms with van der Waals surface area (Å²) in [5.41, 5.74) is 0. The Bertz CT molecular complexity index is 1890. The van der Waals surface area contributed by atoms with Gasteiger partial charge in [-0.25, -0.2) is 9.13 Å². The number of hydrogen-bond acceptors (Lipinski definition) is 15. The molecular weight excluding hydrogens is 1260 g/mol. The predicted molar refractivity (Wildman–Crippen MR) is 391 cm³/mol. The standard InChI is InChI=1S/C77H150O17P2/c1-9-70(8)56-48-40-32-24-20-16-14-12-10-11-13-15-17-21-25-33-41-49-57-74(79)87-63-72(93-76(81)59-51-43-34-26-22-18-19-23-29-37-45-53-67(2)3)65-91-95(83,84)89-61-71(78)62-90-96(85,86)92-66-73(94-77(82)60-52-44-36-28-31-39-47-55-69(6)7)64-88-75(80)58-50-42-35-27-30-38-46-54-68(4)5/h67-73,78H,9-66H2,1-8H3,(H,83,84)(H,85,86)/t70?,71?,72-,73-/m1/s1. The van der Waals surface area contributed by atoms with Gasteiger partial charge in [-0.2, -0.15) is 0 Å². The van der Waals surface area contributed by atoms with Crippen LogP contribution in [0.1, 0.15) is 389 Å². The second-order valence-corrected chi connectivity index (χ2v) is 32.3. The van der Waals surface area contributed by atoms with Gasteiger partial charge in [0.15, 0.2) is 12.2 Å². The maximum Gasteiger partial charge on any atom is 0.472 e. The molecule has 0 fully saturated rings. The molecule has 0 saturated heterocycles. The van der Waals surface area contributed by atoms with Crippen LogP contribution in [0.3, 0.4) is 0 Å². The Kier molecular flexibility index (Phi) is 65.0. The zero-order valence-electron chi connectivity index (χ0n) is 63.0. The highest BCUT2D eigenvalue weighted by atomic mass is 31.2. The number of rotatable bonds is 74. The van der Waals surface area contributed by atoms with Crippen molar-refractivity contribution >= 4 is 39.5 Å². The van der Waals surface area contributed by atoms with Crippen LogP contribution in [0.25, 0.3) is 0 Å². The number of aliphatic hydroxyl groups is 1. The van der Waals surface area contributed by atoms with Crippen LogP contribution in [0.4, 0.5) is 0 Å². The second-order valence-electron chi connectivity index (χ2n) is 29.4. The highest BCUT2D eigenvalue weighted by Gasteiger charge is 2.30. The van der Waals surface area contributed by atoms with Gasteiger partial charge < -0.3 is 33.8 Å². The minimum absolute atomic E-state index is 0.102. The van der Waals surface area contributed by atoms with E-state index in [-0.39, 0.29) is 25.7 Å². The molecule has 0 aromatic rings. The van der Waals surface area contributed by atoms with Gasteiger partial charge in [-0.3, -0.25) is 37.3 Å². The van der Waals surface area contributed by atoms with Crippen LogP contribution in [0, 0.1) is 23.7 Å². The van der Waals surface area contributed by atoms with Crippen molar-refractivity contribution in [2.75, 3.05) is 39.6 Å². The number of ether oxygens (including phenoxy) is 4. The summed E-state index contributed by atoms with van der Waals surface area (Å²) in [7, 11) is -9.91. The van der Waals surface area contributed by atoms with Gasteiger partial charge in [-0.05, 0) is 49.4 Å². The minimum Gasteiger partial charge on any atom is -0.462 e. The van der Waals surface area contributed by atoms with Crippen molar-refractivity contribution in [3.63, 3.8) is 0 Å². The maximum absolute atomic E-state index is 13.1. The summed E-state index contributed by atoms with van der Waals surface area (Å²) in [6.07, 6.45) is 51.7. The number of hydrogen-bond donors (Lipinski definition) is 3. The summed E-state index contributed by atoms with van der Waals surface area (Å²) in [6, 6.07) is 0. The van der Waals surface area contributed by atoms with Crippen LogP contribution in [-0.4, -0.2) is 96.7 Å². The molecule has 0 saturated carbocycles. The van der Waals surface area contributed by atoms with Crippen molar-refractivity contribution in [1.29, 1.82) is 0 Å². The lowest BCUT2D eigenvalue weighted by Gasteiger charge is -2.21. The van der Waals surface area contributed by atoms with Gasteiger partial charge in [-0.1, -0.05) is 338 Å². The molecule has 17 nitrogen and oxygen atoms in total. The molecule has 96 heavy (non-hydrogen) atoms. The lowest BCUT2D eigenvalue weighted by molar-refractivity contribution is -0.161. The van der Waals surface area contributed by atoms with Crippen molar-refractivity contribution in [1.82, 2.24) is 0 Å². The number of phosphoric ester groups is 2. The smallest absolute Gasteiger partial charge is 0.462 e. The van der Waals surface area contributed by atoms with E-state index < -0.39 is 97.5 Å². The first kappa shape index (κ1) is 94.1. The number of carbonyl (C=O) groups excluding carboxylic acids is 4. The molecule has 19 heteroatoms.